The Morgan fingerprint density at radius 1 is 1.25 bits per heavy atom. The first-order chi connectivity index (χ1) is 7.77. The average molecular weight is 224 g/mol. The van der Waals surface area contributed by atoms with Crippen LogP contribution >= 0.6 is 0 Å². The number of amides is 1. The van der Waals surface area contributed by atoms with Crippen molar-refractivity contribution in [2.75, 3.05) is 13.1 Å². The van der Waals surface area contributed by atoms with E-state index >= 15 is 0 Å². The van der Waals surface area contributed by atoms with E-state index in [-0.39, 0.29) is 11.3 Å². The molecule has 0 aromatic carbocycles. The minimum absolute atomic E-state index is 0.112. The van der Waals surface area contributed by atoms with Gasteiger partial charge in [0.05, 0.1) is 0 Å². The van der Waals surface area contributed by atoms with E-state index in [0.717, 1.165) is 19.4 Å². The van der Waals surface area contributed by atoms with E-state index in [2.05, 4.69) is 5.32 Å². The second-order valence-corrected chi connectivity index (χ2v) is 5.53. The fraction of sp³-hybridized carbons (Fsp3) is 0.923. The summed E-state index contributed by atoms with van der Waals surface area (Å²) >= 11 is 0. The number of rotatable bonds is 2. The lowest BCUT2D eigenvalue weighted by Gasteiger charge is -2.41. The molecule has 1 aliphatic heterocycles. The number of nitrogens with one attached hydrogen (secondary N) is 1. The number of nitrogens with two attached hydrogens (primary N) is 1. The van der Waals surface area contributed by atoms with Gasteiger partial charge in [0.15, 0.2) is 0 Å². The van der Waals surface area contributed by atoms with E-state index in [1.807, 2.05) is 0 Å². The van der Waals surface area contributed by atoms with Crippen molar-refractivity contribution in [3.8, 4) is 0 Å². The lowest BCUT2D eigenvalue weighted by atomic mass is 9.65. The second kappa shape index (κ2) is 5.17. The summed E-state index contributed by atoms with van der Waals surface area (Å²) in [6.07, 6.45) is 9.47. The SMILES string of the molecule is NCC1(C2CCCCC2)CCCNC(=O)C1. The lowest BCUT2D eigenvalue weighted by molar-refractivity contribution is -0.123. The number of carbonyl (C=O) groups excluding carboxylic acids is 1. The zero-order chi connectivity index (χ0) is 11.4. The summed E-state index contributed by atoms with van der Waals surface area (Å²) in [6.45, 7) is 1.53. The van der Waals surface area contributed by atoms with Crippen molar-refractivity contribution in [1.82, 2.24) is 5.32 Å². The van der Waals surface area contributed by atoms with Crippen LogP contribution in [0.15, 0.2) is 0 Å². The molecule has 3 N–H and O–H groups in total. The fourth-order valence-electron chi connectivity index (χ4n) is 3.54. The zero-order valence-electron chi connectivity index (χ0n) is 10.1. The first-order valence-electron chi connectivity index (χ1n) is 6.74. The second-order valence-electron chi connectivity index (χ2n) is 5.53. The molecule has 0 spiro atoms. The highest BCUT2D eigenvalue weighted by Crippen LogP contribution is 2.44. The van der Waals surface area contributed by atoms with Gasteiger partial charge < -0.3 is 11.1 Å². The molecule has 1 saturated carbocycles. The Morgan fingerprint density at radius 2 is 2.00 bits per heavy atom. The summed E-state index contributed by atoms with van der Waals surface area (Å²) in [4.78, 5) is 11.7. The Morgan fingerprint density at radius 3 is 2.69 bits per heavy atom. The molecule has 3 heteroatoms. The fourth-order valence-corrected chi connectivity index (χ4v) is 3.54. The van der Waals surface area contributed by atoms with Crippen LogP contribution in [0.5, 0.6) is 0 Å². The Kier molecular flexibility index (Phi) is 3.85. The van der Waals surface area contributed by atoms with Gasteiger partial charge in [0.1, 0.15) is 0 Å². The largest absolute Gasteiger partial charge is 0.356 e. The molecular weight excluding hydrogens is 200 g/mol. The minimum Gasteiger partial charge on any atom is -0.356 e. The summed E-state index contributed by atoms with van der Waals surface area (Å²) in [5.74, 6) is 0.906. The molecule has 2 rings (SSSR count). The minimum atomic E-state index is 0.112. The van der Waals surface area contributed by atoms with Crippen LogP contribution in [0.4, 0.5) is 0 Å². The molecule has 0 bridgehead atoms. The smallest absolute Gasteiger partial charge is 0.220 e. The van der Waals surface area contributed by atoms with Crippen LogP contribution < -0.4 is 11.1 Å². The van der Waals surface area contributed by atoms with Crippen molar-refractivity contribution in [1.29, 1.82) is 0 Å². The molecule has 1 unspecified atom stereocenters. The van der Waals surface area contributed by atoms with Gasteiger partial charge in [0.2, 0.25) is 5.91 Å². The van der Waals surface area contributed by atoms with Crippen LogP contribution in [-0.2, 0) is 4.79 Å². The monoisotopic (exact) mass is 224 g/mol. The van der Waals surface area contributed by atoms with Crippen molar-refractivity contribution in [2.45, 2.75) is 51.4 Å². The average Bonchev–Trinajstić information content (AvgIpc) is 2.53. The third-order valence-corrected chi connectivity index (χ3v) is 4.56. The summed E-state index contributed by atoms with van der Waals surface area (Å²) in [6, 6.07) is 0. The molecule has 2 fully saturated rings. The maximum atomic E-state index is 11.7. The number of hydrogen-bond acceptors (Lipinski definition) is 2. The maximum absolute atomic E-state index is 11.7. The summed E-state index contributed by atoms with van der Waals surface area (Å²) in [7, 11) is 0. The highest BCUT2D eigenvalue weighted by atomic mass is 16.1. The van der Waals surface area contributed by atoms with Gasteiger partial charge in [-0.15, -0.1) is 0 Å². The predicted octanol–water partition coefficient (Wildman–Crippen LogP) is 1.81. The van der Waals surface area contributed by atoms with Crippen LogP contribution in [0, 0.1) is 11.3 Å². The highest BCUT2D eigenvalue weighted by molar-refractivity contribution is 5.77. The molecule has 16 heavy (non-hydrogen) atoms. The van der Waals surface area contributed by atoms with E-state index in [0.29, 0.717) is 18.9 Å². The third-order valence-electron chi connectivity index (χ3n) is 4.56. The number of carbonyl (C=O) groups is 1. The molecule has 1 atom stereocenters. The van der Waals surface area contributed by atoms with Gasteiger partial charge in [-0.2, -0.15) is 0 Å². The van der Waals surface area contributed by atoms with Crippen molar-refractivity contribution in [3.05, 3.63) is 0 Å². The van der Waals surface area contributed by atoms with Gasteiger partial charge >= 0.3 is 0 Å². The molecule has 3 nitrogen and oxygen atoms in total. The predicted molar refractivity (Wildman–Crippen MR) is 64.9 cm³/mol. The molecule has 1 aliphatic carbocycles. The molecular formula is C13H24N2O. The Hall–Kier alpha value is -0.570. The maximum Gasteiger partial charge on any atom is 0.220 e. The Labute approximate surface area is 98.2 Å². The van der Waals surface area contributed by atoms with E-state index in [9.17, 15) is 4.79 Å². The normalized spacial score (nSPS) is 33.2. The first-order valence-corrected chi connectivity index (χ1v) is 6.74. The van der Waals surface area contributed by atoms with Crippen molar-refractivity contribution in [2.24, 2.45) is 17.1 Å². The topological polar surface area (TPSA) is 55.1 Å². The molecule has 1 saturated heterocycles. The van der Waals surface area contributed by atoms with Gasteiger partial charge in [0, 0.05) is 13.0 Å². The van der Waals surface area contributed by atoms with E-state index in [4.69, 9.17) is 5.73 Å². The van der Waals surface area contributed by atoms with Crippen LogP contribution in [0.3, 0.4) is 0 Å². The molecule has 0 aromatic heterocycles. The molecule has 0 radical (unpaired) electrons. The third kappa shape index (κ3) is 2.40. The molecule has 92 valence electrons. The summed E-state index contributed by atoms with van der Waals surface area (Å²) < 4.78 is 0. The zero-order valence-corrected chi connectivity index (χ0v) is 10.1. The van der Waals surface area contributed by atoms with E-state index in [1.165, 1.54) is 32.1 Å². The van der Waals surface area contributed by atoms with Crippen LogP contribution in [0.2, 0.25) is 0 Å². The van der Waals surface area contributed by atoms with Gasteiger partial charge in [-0.3, -0.25) is 4.79 Å². The van der Waals surface area contributed by atoms with Crippen molar-refractivity contribution >= 4 is 5.91 Å². The van der Waals surface area contributed by atoms with Gasteiger partial charge in [0.25, 0.3) is 0 Å². The standard InChI is InChI=1S/C13H24N2O/c14-10-13(11-5-2-1-3-6-11)7-4-8-15-12(16)9-13/h11H,1-10,14H2,(H,15,16). The Balaban J connectivity index is 2.11. The lowest BCUT2D eigenvalue weighted by Crippen LogP contribution is -2.41. The first kappa shape index (κ1) is 11.9. The van der Waals surface area contributed by atoms with Crippen molar-refractivity contribution < 1.29 is 4.79 Å². The quantitative estimate of drug-likeness (QED) is 0.751. The van der Waals surface area contributed by atoms with Crippen molar-refractivity contribution in [3.63, 3.8) is 0 Å². The van der Waals surface area contributed by atoms with Gasteiger partial charge in [-0.05, 0) is 43.6 Å². The summed E-state index contributed by atoms with van der Waals surface area (Å²) in [5, 5.41) is 2.98. The highest BCUT2D eigenvalue weighted by Gasteiger charge is 2.40. The van der Waals surface area contributed by atoms with E-state index < -0.39 is 0 Å². The molecule has 1 heterocycles. The van der Waals surface area contributed by atoms with Crippen LogP contribution in [0.1, 0.15) is 51.4 Å². The van der Waals surface area contributed by atoms with Gasteiger partial charge in [-0.1, -0.05) is 19.3 Å². The van der Waals surface area contributed by atoms with Crippen LogP contribution in [-0.4, -0.2) is 19.0 Å². The molecule has 0 aromatic rings. The number of hydrogen-bond donors (Lipinski definition) is 2. The van der Waals surface area contributed by atoms with Gasteiger partial charge in [-0.25, -0.2) is 0 Å². The molecule has 1 amide bonds. The molecule has 2 aliphatic rings. The van der Waals surface area contributed by atoms with E-state index in [1.54, 1.807) is 0 Å². The summed E-state index contributed by atoms with van der Waals surface area (Å²) in [5.41, 5.74) is 6.13. The van der Waals surface area contributed by atoms with Crippen LogP contribution in [0.25, 0.3) is 0 Å². The Bertz CT molecular complexity index is 248.